The van der Waals surface area contributed by atoms with Crippen molar-refractivity contribution < 1.29 is 14.7 Å². The molecular weight excluding hydrogens is 334 g/mol. The van der Waals surface area contributed by atoms with Gasteiger partial charge in [0, 0.05) is 18.7 Å². The van der Waals surface area contributed by atoms with Crippen LogP contribution in [-0.2, 0) is 11.3 Å². The number of aromatic nitrogens is 2. The zero-order valence-corrected chi connectivity index (χ0v) is 14.5. The highest BCUT2D eigenvalue weighted by atomic mass is 16.4. The summed E-state index contributed by atoms with van der Waals surface area (Å²) in [4.78, 5) is 37.7. The highest BCUT2D eigenvalue weighted by Crippen LogP contribution is 2.23. The lowest BCUT2D eigenvalue weighted by atomic mass is 9.93. The molecule has 0 saturated carbocycles. The molecule has 7 heteroatoms. The van der Waals surface area contributed by atoms with E-state index < -0.39 is 11.9 Å². The van der Waals surface area contributed by atoms with Gasteiger partial charge in [-0.2, -0.15) is 5.10 Å². The molecule has 1 aliphatic rings. The van der Waals surface area contributed by atoms with E-state index in [9.17, 15) is 19.5 Å². The Morgan fingerprint density at radius 3 is 2.58 bits per heavy atom. The average molecular weight is 355 g/mol. The van der Waals surface area contributed by atoms with Gasteiger partial charge in [0.05, 0.1) is 12.5 Å². The topological polar surface area (TPSA) is 92.5 Å². The molecule has 3 rings (SSSR count). The smallest absolute Gasteiger partial charge is 0.308 e. The molecule has 1 aromatic carbocycles. The van der Waals surface area contributed by atoms with Gasteiger partial charge < -0.3 is 10.0 Å². The largest absolute Gasteiger partial charge is 0.481 e. The Kier molecular flexibility index (Phi) is 5.16. The first kappa shape index (κ1) is 17.8. The second-order valence-corrected chi connectivity index (χ2v) is 6.62. The fraction of sp³-hybridized carbons (Fsp3) is 0.368. The molecule has 2 aromatic rings. The Balaban J connectivity index is 1.84. The monoisotopic (exact) mass is 355 g/mol. The van der Waals surface area contributed by atoms with Gasteiger partial charge in [0.2, 0.25) is 0 Å². The third kappa shape index (κ3) is 3.82. The van der Waals surface area contributed by atoms with Crippen LogP contribution in [0.4, 0.5) is 0 Å². The SMILES string of the molecule is CC1CCC(C(=O)O)CN1C(=O)c1ccc(=O)n(Cc2ccccc2)n1. The molecule has 0 bridgehead atoms. The number of carboxylic acids is 1. The van der Waals surface area contributed by atoms with Gasteiger partial charge in [-0.3, -0.25) is 14.4 Å². The molecular formula is C19H21N3O4. The van der Waals surface area contributed by atoms with Crippen molar-refractivity contribution in [3.63, 3.8) is 0 Å². The van der Waals surface area contributed by atoms with E-state index in [1.165, 1.54) is 16.8 Å². The summed E-state index contributed by atoms with van der Waals surface area (Å²) in [7, 11) is 0. The molecule has 136 valence electrons. The first-order chi connectivity index (χ1) is 12.5. The molecule has 2 atom stereocenters. The minimum absolute atomic E-state index is 0.0607. The van der Waals surface area contributed by atoms with Crippen molar-refractivity contribution in [2.45, 2.75) is 32.4 Å². The summed E-state index contributed by atoms with van der Waals surface area (Å²) >= 11 is 0. The Bertz CT molecular complexity index is 863. The lowest BCUT2D eigenvalue weighted by Crippen LogP contribution is -2.48. The van der Waals surface area contributed by atoms with Gasteiger partial charge in [-0.15, -0.1) is 0 Å². The van der Waals surface area contributed by atoms with E-state index >= 15 is 0 Å². The number of hydrogen-bond acceptors (Lipinski definition) is 4. The predicted molar refractivity (Wildman–Crippen MR) is 94.9 cm³/mol. The molecule has 2 heterocycles. The van der Waals surface area contributed by atoms with Crippen LogP contribution < -0.4 is 5.56 Å². The summed E-state index contributed by atoms with van der Waals surface area (Å²) in [6.45, 7) is 2.33. The second kappa shape index (κ2) is 7.51. The maximum atomic E-state index is 12.8. The third-order valence-corrected chi connectivity index (χ3v) is 4.75. The number of likely N-dealkylation sites (tertiary alicyclic amines) is 1. The standard InChI is InChI=1S/C19H21N3O4/c1-13-7-8-15(19(25)26)12-21(13)18(24)16-9-10-17(23)22(20-16)11-14-5-3-2-4-6-14/h2-6,9-10,13,15H,7-8,11-12H2,1H3,(H,25,26). The van der Waals surface area contributed by atoms with Crippen LogP contribution in [0.5, 0.6) is 0 Å². The number of carbonyl (C=O) groups is 2. The van der Waals surface area contributed by atoms with Gasteiger partial charge in [0.1, 0.15) is 5.69 Å². The zero-order chi connectivity index (χ0) is 18.7. The van der Waals surface area contributed by atoms with E-state index in [0.717, 1.165) is 5.56 Å². The number of aliphatic carboxylic acids is 1. The van der Waals surface area contributed by atoms with Crippen molar-refractivity contribution in [3.05, 3.63) is 64.1 Å². The predicted octanol–water partition coefficient (Wildman–Crippen LogP) is 1.62. The van der Waals surface area contributed by atoms with Gasteiger partial charge in [-0.05, 0) is 31.4 Å². The van der Waals surface area contributed by atoms with Gasteiger partial charge in [-0.25, -0.2) is 4.68 Å². The first-order valence-corrected chi connectivity index (χ1v) is 8.61. The summed E-state index contributed by atoms with van der Waals surface area (Å²) in [5.74, 6) is -1.80. The Labute approximate surface area is 150 Å². The number of piperidine rings is 1. The maximum absolute atomic E-state index is 12.8. The van der Waals surface area contributed by atoms with Crippen molar-refractivity contribution >= 4 is 11.9 Å². The number of benzene rings is 1. The van der Waals surface area contributed by atoms with E-state index in [-0.39, 0.29) is 36.3 Å². The van der Waals surface area contributed by atoms with E-state index in [1.807, 2.05) is 37.3 Å². The molecule has 1 fully saturated rings. The Hall–Kier alpha value is -2.96. The van der Waals surface area contributed by atoms with E-state index in [0.29, 0.717) is 12.8 Å². The molecule has 1 aliphatic heterocycles. The molecule has 0 radical (unpaired) electrons. The van der Waals surface area contributed by atoms with Crippen molar-refractivity contribution in [3.8, 4) is 0 Å². The van der Waals surface area contributed by atoms with Crippen LogP contribution in [0.15, 0.2) is 47.3 Å². The lowest BCUT2D eigenvalue weighted by molar-refractivity contribution is -0.143. The molecule has 1 saturated heterocycles. The van der Waals surface area contributed by atoms with Crippen LogP contribution in [0.3, 0.4) is 0 Å². The quantitative estimate of drug-likeness (QED) is 0.900. The first-order valence-electron chi connectivity index (χ1n) is 8.61. The number of carboxylic acid groups (broad SMARTS) is 1. The highest BCUT2D eigenvalue weighted by molar-refractivity contribution is 5.92. The van der Waals surface area contributed by atoms with Gasteiger partial charge in [-0.1, -0.05) is 30.3 Å². The Morgan fingerprint density at radius 2 is 1.88 bits per heavy atom. The van der Waals surface area contributed by atoms with Crippen LogP contribution in [-0.4, -0.2) is 44.3 Å². The van der Waals surface area contributed by atoms with Gasteiger partial charge in [0.15, 0.2) is 0 Å². The number of carbonyl (C=O) groups excluding carboxylic acids is 1. The third-order valence-electron chi connectivity index (χ3n) is 4.75. The number of amides is 1. The maximum Gasteiger partial charge on any atom is 0.308 e. The van der Waals surface area contributed by atoms with Crippen molar-refractivity contribution in [1.29, 1.82) is 0 Å². The summed E-state index contributed by atoms with van der Waals surface area (Å²) < 4.78 is 1.26. The minimum atomic E-state index is -0.892. The normalized spacial score (nSPS) is 20.0. The van der Waals surface area contributed by atoms with E-state index in [4.69, 9.17) is 0 Å². The highest BCUT2D eigenvalue weighted by Gasteiger charge is 2.33. The fourth-order valence-electron chi connectivity index (χ4n) is 3.17. The van der Waals surface area contributed by atoms with Gasteiger partial charge >= 0.3 is 5.97 Å². The van der Waals surface area contributed by atoms with Crippen LogP contribution >= 0.6 is 0 Å². The zero-order valence-electron chi connectivity index (χ0n) is 14.5. The summed E-state index contributed by atoms with van der Waals surface area (Å²) in [5, 5.41) is 13.5. The molecule has 0 spiro atoms. The second-order valence-electron chi connectivity index (χ2n) is 6.62. The van der Waals surface area contributed by atoms with E-state index in [1.54, 1.807) is 4.90 Å². The van der Waals surface area contributed by atoms with Crippen molar-refractivity contribution in [2.24, 2.45) is 5.92 Å². The molecule has 1 N–H and O–H groups in total. The Morgan fingerprint density at radius 1 is 1.15 bits per heavy atom. The summed E-state index contributed by atoms with van der Waals surface area (Å²) in [5.41, 5.74) is 0.767. The lowest BCUT2D eigenvalue weighted by Gasteiger charge is -2.36. The minimum Gasteiger partial charge on any atom is -0.481 e. The van der Waals surface area contributed by atoms with Crippen LogP contribution in [0.1, 0.15) is 35.8 Å². The van der Waals surface area contributed by atoms with Crippen molar-refractivity contribution in [2.75, 3.05) is 6.54 Å². The fourth-order valence-corrected chi connectivity index (χ4v) is 3.17. The molecule has 2 unspecified atom stereocenters. The summed E-state index contributed by atoms with van der Waals surface area (Å²) in [6.07, 6.45) is 1.19. The van der Waals surface area contributed by atoms with Gasteiger partial charge in [0.25, 0.3) is 11.5 Å². The molecule has 1 aromatic heterocycles. The molecule has 1 amide bonds. The number of hydrogen-bond donors (Lipinski definition) is 1. The summed E-state index contributed by atoms with van der Waals surface area (Å²) in [6, 6.07) is 12.1. The molecule has 7 nitrogen and oxygen atoms in total. The van der Waals surface area contributed by atoms with E-state index in [2.05, 4.69) is 5.10 Å². The molecule has 0 aliphatic carbocycles. The number of rotatable bonds is 4. The molecule has 26 heavy (non-hydrogen) atoms. The van der Waals surface area contributed by atoms with Crippen LogP contribution in [0.2, 0.25) is 0 Å². The van der Waals surface area contributed by atoms with Crippen molar-refractivity contribution in [1.82, 2.24) is 14.7 Å². The number of nitrogens with zero attached hydrogens (tertiary/aromatic N) is 3. The van der Waals surface area contributed by atoms with Crippen LogP contribution in [0.25, 0.3) is 0 Å². The average Bonchev–Trinajstić information content (AvgIpc) is 2.64. The van der Waals surface area contributed by atoms with Crippen LogP contribution in [0, 0.1) is 5.92 Å².